The van der Waals surface area contributed by atoms with Crippen LogP contribution in [0, 0.1) is 6.92 Å². The maximum Gasteiger partial charge on any atom is 0.252 e. The number of nitrogens with zero attached hydrogens (tertiary/aromatic N) is 5. The molecule has 4 aromatic rings. The second-order valence-corrected chi connectivity index (χ2v) is 7.22. The molecule has 1 aliphatic rings. The van der Waals surface area contributed by atoms with E-state index in [9.17, 15) is 0 Å². The van der Waals surface area contributed by atoms with Gasteiger partial charge >= 0.3 is 0 Å². The molecule has 0 aliphatic carbocycles. The molecule has 0 radical (unpaired) electrons. The van der Waals surface area contributed by atoms with Crippen molar-refractivity contribution < 1.29 is 0 Å². The van der Waals surface area contributed by atoms with Crippen molar-refractivity contribution in [2.45, 2.75) is 32.2 Å². The fourth-order valence-corrected chi connectivity index (χ4v) is 4.22. The number of aryl methyl sites for hydroxylation is 1. The summed E-state index contributed by atoms with van der Waals surface area (Å²) in [6, 6.07) is 10.9. The number of fused-ring (bicyclic) bond motifs is 2. The van der Waals surface area contributed by atoms with Gasteiger partial charge in [-0.1, -0.05) is 12.1 Å². The van der Waals surface area contributed by atoms with Gasteiger partial charge in [-0.3, -0.25) is 4.90 Å². The van der Waals surface area contributed by atoms with Gasteiger partial charge in [0.05, 0.1) is 5.69 Å². The summed E-state index contributed by atoms with van der Waals surface area (Å²) in [7, 11) is 0. The zero-order valence-corrected chi connectivity index (χ0v) is 14.9. The van der Waals surface area contributed by atoms with Gasteiger partial charge in [0, 0.05) is 41.8 Å². The van der Waals surface area contributed by atoms with Crippen molar-refractivity contribution in [2.24, 2.45) is 0 Å². The lowest BCUT2D eigenvalue weighted by Crippen LogP contribution is -2.34. The Morgan fingerprint density at radius 3 is 3.19 bits per heavy atom. The van der Waals surface area contributed by atoms with Crippen LogP contribution >= 0.6 is 0 Å². The van der Waals surface area contributed by atoms with Gasteiger partial charge in [0.1, 0.15) is 6.33 Å². The average molecular weight is 346 g/mol. The third kappa shape index (κ3) is 2.66. The van der Waals surface area contributed by atoms with Crippen molar-refractivity contribution in [1.29, 1.82) is 0 Å². The maximum absolute atomic E-state index is 4.48. The highest BCUT2D eigenvalue weighted by Gasteiger charge is 2.24. The molecule has 6 nitrogen and oxygen atoms in total. The third-order valence-electron chi connectivity index (χ3n) is 5.41. The number of hydrogen-bond donors (Lipinski definition) is 1. The molecule has 1 aliphatic heterocycles. The summed E-state index contributed by atoms with van der Waals surface area (Å²) in [4.78, 5) is 14.6. The van der Waals surface area contributed by atoms with Crippen LogP contribution in [0.3, 0.4) is 0 Å². The molecule has 5 rings (SSSR count). The topological polar surface area (TPSA) is 62.1 Å². The lowest BCUT2D eigenvalue weighted by atomic mass is 9.93. The molecule has 4 heterocycles. The summed E-state index contributed by atoms with van der Waals surface area (Å²) < 4.78 is 1.91. The maximum atomic E-state index is 4.48. The first-order chi connectivity index (χ1) is 12.8. The Hall–Kier alpha value is -2.73. The van der Waals surface area contributed by atoms with Crippen molar-refractivity contribution in [3.05, 3.63) is 59.8 Å². The molecule has 0 amide bonds. The van der Waals surface area contributed by atoms with Gasteiger partial charge in [0.15, 0.2) is 0 Å². The largest absolute Gasteiger partial charge is 0.361 e. The van der Waals surface area contributed by atoms with Gasteiger partial charge in [0.2, 0.25) is 0 Å². The molecule has 1 aromatic carbocycles. The minimum absolute atomic E-state index is 0.458. The summed E-state index contributed by atoms with van der Waals surface area (Å²) in [6.45, 7) is 5.20. The molecule has 1 atom stereocenters. The first kappa shape index (κ1) is 15.5. The van der Waals surface area contributed by atoms with Crippen LogP contribution in [0.5, 0.6) is 0 Å². The third-order valence-corrected chi connectivity index (χ3v) is 5.41. The van der Waals surface area contributed by atoms with Gasteiger partial charge in [0.25, 0.3) is 5.78 Å². The number of hydrogen-bond acceptors (Lipinski definition) is 4. The molecule has 6 heteroatoms. The monoisotopic (exact) mass is 346 g/mol. The first-order valence-corrected chi connectivity index (χ1v) is 9.22. The van der Waals surface area contributed by atoms with E-state index in [2.05, 4.69) is 55.3 Å². The highest BCUT2D eigenvalue weighted by Crippen LogP contribution is 2.29. The predicted molar refractivity (Wildman–Crippen MR) is 101 cm³/mol. The Bertz CT molecular complexity index is 1060. The van der Waals surface area contributed by atoms with E-state index in [-0.39, 0.29) is 0 Å². The normalized spacial score (nSPS) is 18.7. The molecule has 3 aromatic heterocycles. The average Bonchev–Trinajstić information content (AvgIpc) is 3.30. The van der Waals surface area contributed by atoms with E-state index < -0.39 is 0 Å². The van der Waals surface area contributed by atoms with Gasteiger partial charge in [-0.25, -0.2) is 9.50 Å². The number of rotatable bonds is 3. The lowest BCUT2D eigenvalue weighted by molar-refractivity contribution is 0.198. The molecule has 1 fully saturated rings. The summed E-state index contributed by atoms with van der Waals surface area (Å²) in [5.41, 5.74) is 4.84. The van der Waals surface area contributed by atoms with Crippen LogP contribution in [-0.4, -0.2) is 42.6 Å². The highest BCUT2D eigenvalue weighted by molar-refractivity contribution is 5.82. The highest BCUT2D eigenvalue weighted by atomic mass is 15.3. The summed E-state index contributed by atoms with van der Waals surface area (Å²) in [6.07, 6.45) is 6.00. The molecule has 1 saturated heterocycles. The second-order valence-electron chi connectivity index (χ2n) is 7.22. The zero-order chi connectivity index (χ0) is 17.5. The Labute approximate surface area is 151 Å². The van der Waals surface area contributed by atoms with Crippen molar-refractivity contribution in [1.82, 2.24) is 29.5 Å². The number of nitrogens with one attached hydrogen (secondary N) is 1. The minimum atomic E-state index is 0.458. The number of aromatic nitrogens is 5. The van der Waals surface area contributed by atoms with Crippen LogP contribution in [0.1, 0.15) is 35.7 Å². The standard InChI is InChI=1S/C20H22N6/c1-14-10-19(26-20(24-14)22-13-23-26)16-5-3-9-25(12-16)11-15-4-2-6-18-17(15)7-8-21-18/h2,4,6-8,10,13,16,21H,3,5,9,11-12H2,1H3. The van der Waals surface area contributed by atoms with Crippen LogP contribution in [0.2, 0.25) is 0 Å². The fourth-order valence-electron chi connectivity index (χ4n) is 4.22. The molecular weight excluding hydrogens is 324 g/mol. The summed E-state index contributed by atoms with van der Waals surface area (Å²) in [5, 5.41) is 5.73. The van der Waals surface area contributed by atoms with Crippen LogP contribution in [0.25, 0.3) is 16.7 Å². The van der Waals surface area contributed by atoms with E-state index >= 15 is 0 Å². The number of aromatic amines is 1. The molecule has 0 saturated carbocycles. The number of likely N-dealkylation sites (tertiary alicyclic amines) is 1. The van der Waals surface area contributed by atoms with E-state index in [1.54, 1.807) is 6.33 Å². The lowest BCUT2D eigenvalue weighted by Gasteiger charge is -2.33. The van der Waals surface area contributed by atoms with Crippen LogP contribution in [0.4, 0.5) is 0 Å². The Morgan fingerprint density at radius 1 is 1.27 bits per heavy atom. The van der Waals surface area contributed by atoms with Crippen LogP contribution in [0.15, 0.2) is 42.9 Å². The van der Waals surface area contributed by atoms with Crippen molar-refractivity contribution >= 4 is 16.7 Å². The van der Waals surface area contributed by atoms with Crippen LogP contribution in [-0.2, 0) is 6.54 Å². The van der Waals surface area contributed by atoms with E-state index in [1.807, 2.05) is 17.6 Å². The van der Waals surface area contributed by atoms with Gasteiger partial charge in [-0.05, 0) is 50.1 Å². The number of benzene rings is 1. The van der Waals surface area contributed by atoms with Crippen molar-refractivity contribution in [3.63, 3.8) is 0 Å². The number of H-pyrrole nitrogens is 1. The Morgan fingerprint density at radius 2 is 2.23 bits per heavy atom. The first-order valence-electron chi connectivity index (χ1n) is 9.22. The Balaban J connectivity index is 1.43. The predicted octanol–water partition coefficient (Wildman–Crippen LogP) is 3.29. The molecule has 1 unspecified atom stereocenters. The Kier molecular flexibility index (Phi) is 3.71. The van der Waals surface area contributed by atoms with E-state index in [0.717, 1.165) is 25.3 Å². The van der Waals surface area contributed by atoms with Gasteiger partial charge < -0.3 is 4.98 Å². The SMILES string of the molecule is Cc1cc(C2CCCN(Cc3cccc4[nH]ccc34)C2)n2ncnc2n1. The zero-order valence-electron chi connectivity index (χ0n) is 14.9. The van der Waals surface area contributed by atoms with Gasteiger partial charge in [-0.15, -0.1) is 0 Å². The quantitative estimate of drug-likeness (QED) is 0.618. The summed E-state index contributed by atoms with van der Waals surface area (Å²) in [5.74, 6) is 1.16. The second kappa shape index (κ2) is 6.21. The van der Waals surface area contributed by atoms with Crippen molar-refractivity contribution in [2.75, 3.05) is 13.1 Å². The molecule has 0 spiro atoms. The molecule has 26 heavy (non-hydrogen) atoms. The van der Waals surface area contributed by atoms with E-state index in [0.29, 0.717) is 11.7 Å². The molecule has 1 N–H and O–H groups in total. The van der Waals surface area contributed by atoms with Crippen LogP contribution < -0.4 is 0 Å². The van der Waals surface area contributed by atoms with E-state index in [1.165, 1.54) is 35.0 Å². The number of piperidine rings is 1. The summed E-state index contributed by atoms with van der Waals surface area (Å²) >= 11 is 0. The van der Waals surface area contributed by atoms with Crippen molar-refractivity contribution in [3.8, 4) is 0 Å². The fraction of sp³-hybridized carbons (Fsp3) is 0.350. The molecular formula is C20H22N6. The minimum Gasteiger partial charge on any atom is -0.361 e. The van der Waals surface area contributed by atoms with Gasteiger partial charge in [-0.2, -0.15) is 10.1 Å². The smallest absolute Gasteiger partial charge is 0.252 e. The van der Waals surface area contributed by atoms with E-state index in [4.69, 9.17) is 0 Å². The molecule has 0 bridgehead atoms. The molecule has 132 valence electrons.